The maximum absolute atomic E-state index is 11.6. The van der Waals surface area contributed by atoms with Crippen molar-refractivity contribution in [2.45, 2.75) is 19.4 Å². The lowest BCUT2D eigenvalue weighted by molar-refractivity contribution is -0.122. The summed E-state index contributed by atoms with van der Waals surface area (Å²) in [6, 6.07) is 13.7. The molecule has 0 bridgehead atoms. The fraction of sp³-hybridized carbons (Fsp3) is 0.333. The van der Waals surface area contributed by atoms with Gasteiger partial charge in [0.1, 0.15) is 6.61 Å². The summed E-state index contributed by atoms with van der Waals surface area (Å²) in [4.78, 5) is 15.9. The van der Waals surface area contributed by atoms with Crippen molar-refractivity contribution in [3.8, 4) is 5.75 Å². The number of pyridine rings is 1. The number of ether oxygens (including phenoxy) is 1. The van der Waals surface area contributed by atoms with Gasteiger partial charge in [0.15, 0.2) is 11.6 Å². The number of amides is 1. The topological polar surface area (TPSA) is 63.2 Å². The molecule has 0 aliphatic heterocycles. The molecule has 5 nitrogen and oxygen atoms in total. The third-order valence-corrected chi connectivity index (χ3v) is 3.67. The molecule has 1 amide bonds. The lowest BCUT2D eigenvalue weighted by atomic mass is 10.2. The number of aromatic nitrogens is 1. The van der Waals surface area contributed by atoms with Crippen molar-refractivity contribution in [2.75, 3.05) is 18.4 Å². The van der Waals surface area contributed by atoms with E-state index in [0.717, 1.165) is 18.4 Å². The third-order valence-electron chi connectivity index (χ3n) is 3.67. The van der Waals surface area contributed by atoms with Crippen LogP contribution in [0.3, 0.4) is 0 Å². The molecule has 1 aliphatic carbocycles. The number of carbonyl (C=O) groups is 1. The van der Waals surface area contributed by atoms with E-state index in [-0.39, 0.29) is 11.8 Å². The summed E-state index contributed by atoms with van der Waals surface area (Å²) in [5, 5.41) is 6.14. The van der Waals surface area contributed by atoms with Crippen LogP contribution >= 0.6 is 0 Å². The first-order chi connectivity index (χ1) is 11.3. The summed E-state index contributed by atoms with van der Waals surface area (Å²) in [6.07, 6.45) is 3.77. The minimum absolute atomic E-state index is 0.161. The molecule has 1 saturated carbocycles. The van der Waals surface area contributed by atoms with Crippen molar-refractivity contribution >= 4 is 11.7 Å². The van der Waals surface area contributed by atoms with E-state index in [0.29, 0.717) is 31.3 Å². The molecule has 23 heavy (non-hydrogen) atoms. The number of rotatable bonds is 8. The molecule has 1 aromatic heterocycles. The summed E-state index contributed by atoms with van der Waals surface area (Å²) in [5.74, 6) is 1.82. The van der Waals surface area contributed by atoms with Gasteiger partial charge in [0.25, 0.3) is 0 Å². The second-order valence-electron chi connectivity index (χ2n) is 5.62. The van der Waals surface area contributed by atoms with Gasteiger partial charge in [-0.2, -0.15) is 0 Å². The fourth-order valence-corrected chi connectivity index (χ4v) is 2.23. The zero-order valence-corrected chi connectivity index (χ0v) is 13.0. The smallest absolute Gasteiger partial charge is 0.223 e. The fourth-order valence-electron chi connectivity index (χ4n) is 2.23. The monoisotopic (exact) mass is 311 g/mol. The van der Waals surface area contributed by atoms with Crippen LogP contribution in [0.1, 0.15) is 18.4 Å². The third kappa shape index (κ3) is 4.71. The van der Waals surface area contributed by atoms with Crippen LogP contribution in [0.15, 0.2) is 48.7 Å². The molecule has 0 saturated heterocycles. The van der Waals surface area contributed by atoms with Gasteiger partial charge in [-0.1, -0.05) is 30.3 Å². The lowest BCUT2D eigenvalue weighted by Gasteiger charge is -2.12. The Morgan fingerprint density at radius 1 is 1.13 bits per heavy atom. The number of hydrogen-bond donors (Lipinski definition) is 2. The predicted molar refractivity (Wildman–Crippen MR) is 89.2 cm³/mol. The summed E-state index contributed by atoms with van der Waals surface area (Å²) >= 11 is 0. The normalized spacial score (nSPS) is 13.4. The largest absolute Gasteiger partial charge is 0.485 e. The van der Waals surface area contributed by atoms with Crippen LogP contribution in [-0.2, 0) is 11.4 Å². The Hall–Kier alpha value is -2.56. The van der Waals surface area contributed by atoms with E-state index in [4.69, 9.17) is 4.74 Å². The van der Waals surface area contributed by atoms with Crippen molar-refractivity contribution in [2.24, 2.45) is 5.92 Å². The van der Waals surface area contributed by atoms with Crippen LogP contribution in [0.5, 0.6) is 5.75 Å². The van der Waals surface area contributed by atoms with Gasteiger partial charge in [-0.3, -0.25) is 4.79 Å². The number of carbonyl (C=O) groups excluding carboxylic acids is 1. The summed E-state index contributed by atoms with van der Waals surface area (Å²) < 4.78 is 5.84. The van der Waals surface area contributed by atoms with Gasteiger partial charge in [0.2, 0.25) is 5.91 Å². The maximum Gasteiger partial charge on any atom is 0.223 e. The molecule has 1 fully saturated rings. The molecule has 0 spiro atoms. The highest BCUT2D eigenvalue weighted by atomic mass is 16.5. The molecule has 1 aromatic carbocycles. The van der Waals surface area contributed by atoms with Crippen LogP contribution in [0.4, 0.5) is 5.82 Å². The van der Waals surface area contributed by atoms with Crippen molar-refractivity contribution < 1.29 is 9.53 Å². The predicted octanol–water partition coefficient (Wildman–Crippen LogP) is 2.60. The van der Waals surface area contributed by atoms with E-state index in [9.17, 15) is 4.79 Å². The van der Waals surface area contributed by atoms with Gasteiger partial charge >= 0.3 is 0 Å². The second-order valence-corrected chi connectivity index (χ2v) is 5.62. The zero-order valence-electron chi connectivity index (χ0n) is 13.0. The molecule has 5 heteroatoms. The molecular formula is C18H21N3O2. The molecule has 120 valence electrons. The van der Waals surface area contributed by atoms with Crippen LogP contribution in [0, 0.1) is 5.92 Å². The highest BCUT2D eigenvalue weighted by Gasteiger charge is 2.28. The van der Waals surface area contributed by atoms with Gasteiger partial charge in [0, 0.05) is 25.2 Å². The van der Waals surface area contributed by atoms with Gasteiger partial charge in [-0.15, -0.1) is 0 Å². The Bertz CT molecular complexity index is 642. The minimum Gasteiger partial charge on any atom is -0.485 e. The number of nitrogens with zero attached hydrogens (tertiary/aromatic N) is 1. The van der Waals surface area contributed by atoms with Crippen LogP contribution < -0.4 is 15.4 Å². The standard InChI is InChI=1S/C18H21N3O2/c22-18(15-8-9-15)21-12-11-20-17-16(7-4-10-19-17)23-13-14-5-2-1-3-6-14/h1-7,10,15H,8-9,11-13H2,(H,19,20)(H,21,22). The first-order valence-corrected chi connectivity index (χ1v) is 7.96. The van der Waals surface area contributed by atoms with Crippen LogP contribution in [0.2, 0.25) is 0 Å². The van der Waals surface area contributed by atoms with Crippen molar-refractivity contribution in [3.05, 3.63) is 54.2 Å². The van der Waals surface area contributed by atoms with Gasteiger partial charge < -0.3 is 15.4 Å². The molecule has 0 radical (unpaired) electrons. The first kappa shape index (κ1) is 15.3. The molecule has 3 rings (SSSR count). The maximum atomic E-state index is 11.6. The lowest BCUT2D eigenvalue weighted by Crippen LogP contribution is -2.30. The average Bonchev–Trinajstić information content (AvgIpc) is 3.43. The van der Waals surface area contributed by atoms with Crippen molar-refractivity contribution in [1.82, 2.24) is 10.3 Å². The van der Waals surface area contributed by atoms with Crippen LogP contribution in [0.25, 0.3) is 0 Å². The van der Waals surface area contributed by atoms with Crippen molar-refractivity contribution in [1.29, 1.82) is 0 Å². The van der Waals surface area contributed by atoms with Crippen LogP contribution in [-0.4, -0.2) is 24.0 Å². The van der Waals surface area contributed by atoms with E-state index in [2.05, 4.69) is 15.6 Å². The quantitative estimate of drug-likeness (QED) is 0.736. The number of anilines is 1. The highest BCUT2D eigenvalue weighted by Crippen LogP contribution is 2.28. The number of benzene rings is 1. The molecule has 1 heterocycles. The van der Waals surface area contributed by atoms with Gasteiger partial charge in [-0.25, -0.2) is 4.98 Å². The molecular weight excluding hydrogens is 290 g/mol. The summed E-state index contributed by atoms with van der Waals surface area (Å²) in [5.41, 5.74) is 1.11. The molecule has 2 N–H and O–H groups in total. The first-order valence-electron chi connectivity index (χ1n) is 7.96. The number of nitrogens with one attached hydrogen (secondary N) is 2. The van der Waals surface area contributed by atoms with E-state index in [1.165, 1.54) is 0 Å². The highest BCUT2D eigenvalue weighted by molar-refractivity contribution is 5.80. The van der Waals surface area contributed by atoms with Gasteiger partial charge in [-0.05, 0) is 30.5 Å². The Kier molecular flexibility index (Phi) is 5.09. The van der Waals surface area contributed by atoms with E-state index in [1.54, 1.807) is 6.20 Å². The number of hydrogen-bond acceptors (Lipinski definition) is 4. The van der Waals surface area contributed by atoms with E-state index in [1.807, 2.05) is 42.5 Å². The van der Waals surface area contributed by atoms with Crippen molar-refractivity contribution in [3.63, 3.8) is 0 Å². The Balaban J connectivity index is 1.47. The zero-order chi connectivity index (χ0) is 15.9. The summed E-state index contributed by atoms with van der Waals surface area (Å²) in [7, 11) is 0. The SMILES string of the molecule is O=C(NCCNc1ncccc1OCc1ccccc1)C1CC1. The molecule has 0 atom stereocenters. The van der Waals surface area contributed by atoms with E-state index < -0.39 is 0 Å². The average molecular weight is 311 g/mol. The minimum atomic E-state index is 0.161. The second kappa shape index (κ2) is 7.63. The molecule has 2 aromatic rings. The Morgan fingerprint density at radius 2 is 1.96 bits per heavy atom. The summed E-state index contributed by atoms with van der Waals surface area (Å²) in [6.45, 7) is 1.71. The Morgan fingerprint density at radius 3 is 2.74 bits per heavy atom. The van der Waals surface area contributed by atoms with Gasteiger partial charge in [0.05, 0.1) is 0 Å². The molecule has 0 unspecified atom stereocenters. The Labute approximate surface area is 136 Å². The molecule has 1 aliphatic rings. The van der Waals surface area contributed by atoms with E-state index >= 15 is 0 Å².